The number of amides is 1. The first kappa shape index (κ1) is 15.6. The Morgan fingerprint density at radius 2 is 2.20 bits per heavy atom. The molecule has 2 saturated heterocycles. The molecule has 0 spiro atoms. The Hall–Kier alpha value is -0.790. The number of piperidine rings is 1. The molecule has 1 amide bonds. The van der Waals surface area contributed by atoms with Gasteiger partial charge < -0.3 is 21.5 Å². The predicted molar refractivity (Wildman–Crippen MR) is 78.5 cm³/mol. The van der Waals surface area contributed by atoms with Gasteiger partial charge in [0, 0.05) is 17.8 Å². The van der Waals surface area contributed by atoms with Gasteiger partial charge in [0.2, 0.25) is 5.91 Å². The number of aliphatic carboxylic acids is 1. The zero-order valence-electron chi connectivity index (χ0n) is 11.8. The van der Waals surface area contributed by atoms with Crippen LogP contribution in [0.25, 0.3) is 0 Å². The molecule has 5 unspecified atom stereocenters. The highest BCUT2D eigenvalue weighted by Gasteiger charge is 2.44. The smallest absolute Gasteiger partial charge is 0.322 e. The monoisotopic (exact) mass is 301 g/mol. The van der Waals surface area contributed by atoms with E-state index in [0.29, 0.717) is 23.1 Å². The van der Waals surface area contributed by atoms with Crippen molar-refractivity contribution in [2.75, 3.05) is 13.1 Å². The van der Waals surface area contributed by atoms with Gasteiger partial charge >= 0.3 is 5.97 Å². The summed E-state index contributed by atoms with van der Waals surface area (Å²) in [4.78, 5) is 22.7. The number of thioether (sulfide) groups is 1. The van der Waals surface area contributed by atoms with E-state index in [0.717, 1.165) is 13.0 Å². The second-order valence-electron chi connectivity index (χ2n) is 5.87. The van der Waals surface area contributed by atoms with Gasteiger partial charge in [0.25, 0.3) is 0 Å². The highest BCUT2D eigenvalue weighted by atomic mass is 32.2. The summed E-state index contributed by atoms with van der Waals surface area (Å²) in [5.74, 6) is 0.0150. The van der Waals surface area contributed by atoms with Crippen LogP contribution in [0.15, 0.2) is 0 Å². The van der Waals surface area contributed by atoms with Gasteiger partial charge in [-0.05, 0) is 24.8 Å². The number of hydrogen-bond acceptors (Lipinski definition) is 5. The lowest BCUT2D eigenvalue weighted by atomic mass is 9.84. The van der Waals surface area contributed by atoms with Crippen LogP contribution < -0.4 is 16.4 Å². The molecule has 2 aliphatic rings. The Balaban J connectivity index is 1.86. The van der Waals surface area contributed by atoms with Gasteiger partial charge in [-0.15, -0.1) is 11.8 Å². The summed E-state index contributed by atoms with van der Waals surface area (Å²) in [7, 11) is 0. The molecule has 2 heterocycles. The maximum atomic E-state index is 12.1. The molecule has 2 fully saturated rings. The largest absolute Gasteiger partial charge is 0.480 e. The Morgan fingerprint density at radius 1 is 1.50 bits per heavy atom. The minimum Gasteiger partial charge on any atom is -0.480 e. The third kappa shape index (κ3) is 3.27. The first-order valence-corrected chi connectivity index (χ1v) is 7.99. The highest BCUT2D eigenvalue weighted by Crippen LogP contribution is 2.42. The number of nitrogens with one attached hydrogen (secondary N) is 2. The number of hydrogen-bond donors (Lipinski definition) is 4. The summed E-state index contributed by atoms with van der Waals surface area (Å²) in [6.45, 7) is 5.46. The minimum absolute atomic E-state index is 0.0139. The first-order valence-electron chi connectivity index (χ1n) is 7.05. The van der Waals surface area contributed by atoms with Crippen molar-refractivity contribution in [1.82, 2.24) is 10.6 Å². The Morgan fingerprint density at radius 3 is 2.85 bits per heavy atom. The zero-order valence-corrected chi connectivity index (χ0v) is 12.7. The Labute approximate surface area is 123 Å². The third-order valence-corrected chi connectivity index (χ3v) is 6.22. The number of fused-ring (bicyclic) bond motifs is 1. The lowest BCUT2D eigenvalue weighted by Crippen LogP contribution is -2.49. The summed E-state index contributed by atoms with van der Waals surface area (Å²) in [6, 6.07) is -0.653. The lowest BCUT2D eigenvalue weighted by molar-refractivity contribution is -0.138. The van der Waals surface area contributed by atoms with E-state index in [-0.39, 0.29) is 17.7 Å². The van der Waals surface area contributed by atoms with Crippen molar-refractivity contribution in [1.29, 1.82) is 0 Å². The van der Waals surface area contributed by atoms with Gasteiger partial charge in [-0.25, -0.2) is 0 Å². The van der Waals surface area contributed by atoms with Crippen LogP contribution in [0.2, 0.25) is 0 Å². The molecule has 0 aromatic heterocycles. The maximum Gasteiger partial charge on any atom is 0.322 e. The lowest BCUT2D eigenvalue weighted by Gasteiger charge is -2.36. The molecular weight excluding hydrogens is 278 g/mol. The molecule has 0 radical (unpaired) electrons. The number of carbonyl (C=O) groups is 2. The summed E-state index contributed by atoms with van der Waals surface area (Å²) in [5.41, 5.74) is 5.39. The standard InChI is InChI=1S/C13H23N3O3S/c1-6-4-15-9-3-10(20-11(9)7(6)2)12(17)16-5-8(14)13(18)19/h6-11,15H,3-5,14H2,1-2H3,(H,16,17)(H,18,19)/t6?,7?,8-,9?,10?,11?/m1/s1. The van der Waals surface area contributed by atoms with E-state index in [4.69, 9.17) is 10.8 Å². The van der Waals surface area contributed by atoms with Gasteiger partial charge in [0.1, 0.15) is 6.04 Å². The molecule has 2 rings (SSSR count). The molecule has 2 aliphatic heterocycles. The number of nitrogens with two attached hydrogens (primary N) is 1. The molecule has 0 aromatic carbocycles. The summed E-state index contributed by atoms with van der Waals surface area (Å²) >= 11 is 1.71. The van der Waals surface area contributed by atoms with Crippen molar-refractivity contribution >= 4 is 23.6 Å². The van der Waals surface area contributed by atoms with Crippen LogP contribution in [0, 0.1) is 11.8 Å². The quantitative estimate of drug-likeness (QED) is 0.565. The van der Waals surface area contributed by atoms with E-state index in [1.807, 2.05) is 0 Å². The molecular formula is C13H23N3O3S. The van der Waals surface area contributed by atoms with Crippen LogP contribution in [-0.2, 0) is 9.59 Å². The van der Waals surface area contributed by atoms with E-state index in [1.165, 1.54) is 0 Å². The van der Waals surface area contributed by atoms with Crippen LogP contribution in [0.5, 0.6) is 0 Å². The number of carbonyl (C=O) groups excluding carboxylic acids is 1. The predicted octanol–water partition coefficient (Wildman–Crippen LogP) is -0.367. The SMILES string of the molecule is CC1CNC2CC(C(=O)NC[C@@H](N)C(=O)O)SC2C1C. The van der Waals surface area contributed by atoms with E-state index in [2.05, 4.69) is 24.5 Å². The second kappa shape index (κ2) is 6.32. The third-order valence-electron chi connectivity index (χ3n) is 4.41. The summed E-state index contributed by atoms with van der Waals surface area (Å²) in [6.07, 6.45) is 0.806. The van der Waals surface area contributed by atoms with Crippen LogP contribution in [0.3, 0.4) is 0 Å². The zero-order chi connectivity index (χ0) is 14.9. The van der Waals surface area contributed by atoms with Crippen molar-refractivity contribution in [3.63, 3.8) is 0 Å². The van der Waals surface area contributed by atoms with Crippen LogP contribution >= 0.6 is 11.8 Å². The Bertz CT molecular complexity index is 393. The molecule has 20 heavy (non-hydrogen) atoms. The van der Waals surface area contributed by atoms with E-state index >= 15 is 0 Å². The molecule has 5 N–H and O–H groups in total. The van der Waals surface area contributed by atoms with Crippen molar-refractivity contribution in [2.24, 2.45) is 17.6 Å². The number of carboxylic acid groups (broad SMARTS) is 1. The fourth-order valence-electron chi connectivity index (χ4n) is 2.82. The van der Waals surface area contributed by atoms with Crippen molar-refractivity contribution in [2.45, 2.75) is 42.9 Å². The van der Waals surface area contributed by atoms with Gasteiger partial charge in [0.05, 0.1) is 5.25 Å². The fraction of sp³-hybridized carbons (Fsp3) is 0.846. The van der Waals surface area contributed by atoms with Crippen molar-refractivity contribution in [3.8, 4) is 0 Å². The molecule has 0 aliphatic carbocycles. The maximum absolute atomic E-state index is 12.1. The highest BCUT2D eigenvalue weighted by molar-refractivity contribution is 8.01. The summed E-state index contributed by atoms with van der Waals surface area (Å²) in [5, 5.41) is 15.2. The average molecular weight is 301 g/mol. The second-order valence-corrected chi connectivity index (χ2v) is 7.25. The molecule has 0 saturated carbocycles. The average Bonchev–Trinajstić information content (AvgIpc) is 2.84. The van der Waals surface area contributed by atoms with E-state index in [1.54, 1.807) is 11.8 Å². The molecule has 6 nitrogen and oxygen atoms in total. The minimum atomic E-state index is -1.10. The normalized spacial score (nSPS) is 38.0. The first-order chi connectivity index (χ1) is 9.40. The van der Waals surface area contributed by atoms with Crippen molar-refractivity contribution < 1.29 is 14.7 Å². The van der Waals surface area contributed by atoms with E-state index in [9.17, 15) is 9.59 Å². The van der Waals surface area contributed by atoms with Crippen LogP contribution in [0.1, 0.15) is 20.3 Å². The number of carboxylic acids is 1. The molecule has 0 bridgehead atoms. The summed E-state index contributed by atoms with van der Waals surface area (Å²) < 4.78 is 0. The van der Waals surface area contributed by atoms with Gasteiger partial charge in [-0.2, -0.15) is 0 Å². The van der Waals surface area contributed by atoms with Crippen molar-refractivity contribution in [3.05, 3.63) is 0 Å². The topological polar surface area (TPSA) is 104 Å². The van der Waals surface area contributed by atoms with Gasteiger partial charge in [0.15, 0.2) is 0 Å². The molecule has 114 valence electrons. The van der Waals surface area contributed by atoms with E-state index < -0.39 is 12.0 Å². The van der Waals surface area contributed by atoms with Crippen LogP contribution in [0.4, 0.5) is 0 Å². The molecule has 7 heteroatoms. The number of rotatable bonds is 4. The Kier molecular flexibility index (Phi) is 4.93. The molecule has 0 aromatic rings. The van der Waals surface area contributed by atoms with Gasteiger partial charge in [-0.3, -0.25) is 9.59 Å². The fourth-order valence-corrected chi connectivity index (χ4v) is 4.64. The van der Waals surface area contributed by atoms with Gasteiger partial charge in [-0.1, -0.05) is 13.8 Å². The molecule has 6 atom stereocenters. The van der Waals surface area contributed by atoms with Crippen LogP contribution in [-0.4, -0.2) is 52.7 Å².